The zero-order valence-corrected chi connectivity index (χ0v) is 31.8. The molecule has 4 aliphatic heterocycles. The molecule has 5 heterocycles. The lowest BCUT2D eigenvalue weighted by Gasteiger charge is -2.12. The summed E-state index contributed by atoms with van der Waals surface area (Å²) in [5.74, 6) is 3.14. The van der Waals surface area contributed by atoms with Gasteiger partial charge < -0.3 is 23.9 Å². The lowest BCUT2D eigenvalue weighted by molar-refractivity contribution is -0.384. The summed E-state index contributed by atoms with van der Waals surface area (Å²) in [6, 6.07) is 35.0. The summed E-state index contributed by atoms with van der Waals surface area (Å²) < 4.78 is 22.3. The Hall–Kier alpha value is -7.45. The van der Waals surface area contributed by atoms with Crippen molar-refractivity contribution in [1.82, 2.24) is 4.98 Å². The van der Waals surface area contributed by atoms with Crippen LogP contribution in [0.15, 0.2) is 167 Å². The summed E-state index contributed by atoms with van der Waals surface area (Å²) in [6.45, 7) is 0. The van der Waals surface area contributed by atoms with Gasteiger partial charge in [0.25, 0.3) is 0 Å². The summed E-state index contributed by atoms with van der Waals surface area (Å²) in [6.07, 6.45) is 12.7. The number of hydrogen-bond acceptors (Lipinski definition) is 6. The minimum atomic E-state index is 0.775. The van der Waals surface area contributed by atoms with E-state index in [1.807, 2.05) is 42.5 Å². The average Bonchev–Trinajstić information content (AvgIpc) is 4.10. The molecule has 0 saturated carbocycles. The van der Waals surface area contributed by atoms with Crippen LogP contribution in [-0.2, 0) is 0 Å². The molecule has 1 aromatic heterocycles. The monoisotopic (exact) mass is 745 g/mol. The normalized spacial score (nSPS) is 15.6. The largest absolute Gasteiger partial charge is 0.497 e. The van der Waals surface area contributed by atoms with Crippen molar-refractivity contribution in [3.63, 3.8) is 0 Å². The Labute approximate surface area is 329 Å². The van der Waals surface area contributed by atoms with Crippen molar-refractivity contribution in [2.45, 2.75) is 0 Å². The first-order valence-corrected chi connectivity index (χ1v) is 18.7. The van der Waals surface area contributed by atoms with Crippen molar-refractivity contribution < 1.29 is 23.9 Å². The lowest BCUT2D eigenvalue weighted by atomic mass is 9.97. The Morgan fingerprint density at radius 1 is 0.474 bits per heavy atom. The van der Waals surface area contributed by atoms with E-state index >= 15 is 0 Å². The van der Waals surface area contributed by atoms with Crippen LogP contribution in [0.3, 0.4) is 0 Å². The van der Waals surface area contributed by atoms with Gasteiger partial charge in [-0.1, -0.05) is 36.4 Å². The van der Waals surface area contributed by atoms with Gasteiger partial charge in [-0.25, -0.2) is 15.0 Å². The molecule has 0 atom stereocenters. The summed E-state index contributed by atoms with van der Waals surface area (Å²) in [5, 5.41) is 3.21. The molecule has 8 bridgehead atoms. The Morgan fingerprint density at radius 2 is 1.00 bits per heavy atom. The summed E-state index contributed by atoms with van der Waals surface area (Å²) >= 11 is 0. The maximum atomic E-state index is 5.69. The Bertz CT molecular complexity index is 2950. The molecule has 0 radical (unpaired) electrons. The van der Waals surface area contributed by atoms with E-state index in [0.717, 1.165) is 124 Å². The minimum absolute atomic E-state index is 0.775. The second-order valence-corrected chi connectivity index (χ2v) is 14.0. The van der Waals surface area contributed by atoms with Crippen molar-refractivity contribution in [3.05, 3.63) is 185 Å². The van der Waals surface area contributed by atoms with Crippen LogP contribution < -0.4 is 23.9 Å². The van der Waals surface area contributed by atoms with Crippen LogP contribution >= 0.6 is 0 Å². The van der Waals surface area contributed by atoms with Gasteiger partial charge >= 0.3 is 0 Å². The SMILES string of the molecule is COc1ccc(C2=C3C=CC(=N3)C(c3ccc(OC)cc3)=C3C=CC(=[NH+]3)c3c4ccc(OC)cc4cc4cc([nH]c34)C(c3ccc(OC)cc3)=C3C=CC2=N3)cc1. The van der Waals surface area contributed by atoms with Crippen LogP contribution in [0.5, 0.6) is 23.0 Å². The Kier molecular flexibility index (Phi) is 8.18. The third-order valence-corrected chi connectivity index (χ3v) is 10.9. The highest BCUT2D eigenvalue weighted by Gasteiger charge is 2.29. The van der Waals surface area contributed by atoms with Crippen molar-refractivity contribution in [3.8, 4) is 23.0 Å². The maximum absolute atomic E-state index is 5.69. The second kappa shape index (κ2) is 13.7. The fourth-order valence-corrected chi connectivity index (χ4v) is 8.07. The molecule has 10 rings (SSSR count). The third kappa shape index (κ3) is 5.81. The number of H-pyrrole nitrogens is 1. The van der Waals surface area contributed by atoms with Crippen LogP contribution in [-0.4, -0.2) is 50.6 Å². The van der Waals surface area contributed by atoms with Crippen LogP contribution in [0.25, 0.3) is 38.4 Å². The van der Waals surface area contributed by atoms with E-state index in [-0.39, 0.29) is 0 Å². The van der Waals surface area contributed by atoms with Gasteiger partial charge in [0.2, 0.25) is 11.4 Å². The Morgan fingerprint density at radius 3 is 1.60 bits per heavy atom. The van der Waals surface area contributed by atoms with Gasteiger partial charge in [-0.3, -0.25) is 0 Å². The molecule has 0 saturated heterocycles. The Balaban J connectivity index is 1.31. The zero-order chi connectivity index (χ0) is 38.6. The standard InChI is InChI=1S/C49H36N4O4/c1-54-33-11-5-28(6-12-33)45-38-19-20-39(50-38)46(29-7-13-34(55-2)14-8-29)41-23-24-43(52-41)48-37-18-17-36(57-4)26-31(37)25-32-27-44(53-49(32)48)47(42-22-21-40(45)51-42)30-9-15-35(56-3)16-10-30/h5-27,53H,1-4H3/p+1. The second-order valence-electron chi connectivity index (χ2n) is 14.0. The molecule has 0 unspecified atom stereocenters. The fraction of sp³-hybridized carbons (Fsp3) is 0.0816. The predicted molar refractivity (Wildman–Crippen MR) is 229 cm³/mol. The molecule has 8 heteroatoms. The van der Waals surface area contributed by atoms with Gasteiger partial charge in [0, 0.05) is 34.4 Å². The first-order chi connectivity index (χ1) is 28.0. The zero-order valence-electron chi connectivity index (χ0n) is 31.8. The van der Waals surface area contributed by atoms with E-state index in [0.29, 0.717) is 0 Å². The molecule has 2 N–H and O–H groups in total. The molecule has 0 amide bonds. The average molecular weight is 746 g/mol. The predicted octanol–water partition coefficient (Wildman–Crippen LogP) is 8.41. The topological polar surface area (TPSA) is 91.4 Å². The summed E-state index contributed by atoms with van der Waals surface area (Å²) in [7, 11) is 6.74. The van der Waals surface area contributed by atoms with E-state index in [1.54, 1.807) is 28.4 Å². The number of methoxy groups -OCH3 is 4. The van der Waals surface area contributed by atoms with Crippen molar-refractivity contribution in [2.75, 3.05) is 28.4 Å². The van der Waals surface area contributed by atoms with Gasteiger partial charge in [-0.05, 0) is 118 Å². The summed E-state index contributed by atoms with van der Waals surface area (Å²) in [5.41, 5.74) is 14.0. The number of hydrogen-bond donors (Lipinski definition) is 2. The van der Waals surface area contributed by atoms with Crippen LogP contribution in [0, 0.1) is 0 Å². The van der Waals surface area contributed by atoms with Crippen molar-refractivity contribution >= 4 is 55.5 Å². The molecule has 0 aliphatic carbocycles. The lowest BCUT2D eigenvalue weighted by Crippen LogP contribution is -2.68. The first kappa shape index (κ1) is 34.1. The number of benzene rings is 5. The number of aromatic nitrogens is 1. The number of aliphatic imine (C=N–C) groups is 2. The minimum Gasteiger partial charge on any atom is -0.497 e. The number of fused-ring (bicyclic) bond motifs is 7. The van der Waals surface area contributed by atoms with Gasteiger partial charge in [0.05, 0.1) is 67.9 Å². The molecule has 57 heavy (non-hydrogen) atoms. The smallest absolute Gasteiger partial charge is 0.214 e. The molecule has 0 spiro atoms. The molecule has 4 aliphatic rings. The van der Waals surface area contributed by atoms with Gasteiger partial charge in [-0.2, -0.15) is 0 Å². The van der Waals surface area contributed by atoms with Crippen molar-refractivity contribution in [2.24, 2.45) is 9.98 Å². The third-order valence-electron chi connectivity index (χ3n) is 10.9. The highest BCUT2D eigenvalue weighted by molar-refractivity contribution is 6.36. The first-order valence-electron chi connectivity index (χ1n) is 18.7. The molecule has 5 aromatic carbocycles. The van der Waals surface area contributed by atoms with E-state index in [4.69, 9.17) is 28.9 Å². The highest BCUT2D eigenvalue weighted by atomic mass is 16.5. The maximum Gasteiger partial charge on any atom is 0.214 e. The molecular weight excluding hydrogens is 709 g/mol. The van der Waals surface area contributed by atoms with Gasteiger partial charge in [-0.15, -0.1) is 0 Å². The molecule has 6 aromatic rings. The molecule has 0 fully saturated rings. The quantitative estimate of drug-likeness (QED) is 0.172. The fourth-order valence-electron chi connectivity index (χ4n) is 8.07. The van der Waals surface area contributed by atoms with E-state index in [1.165, 1.54) is 0 Å². The molecule has 276 valence electrons. The molecular formula is C49H37N4O4+. The van der Waals surface area contributed by atoms with E-state index in [9.17, 15) is 0 Å². The summed E-state index contributed by atoms with van der Waals surface area (Å²) in [4.78, 5) is 18.5. The number of ether oxygens (including phenoxy) is 4. The van der Waals surface area contributed by atoms with Crippen LogP contribution in [0.4, 0.5) is 0 Å². The van der Waals surface area contributed by atoms with Gasteiger partial charge in [0.1, 0.15) is 23.0 Å². The van der Waals surface area contributed by atoms with E-state index in [2.05, 4.69) is 107 Å². The van der Waals surface area contributed by atoms with Crippen molar-refractivity contribution in [1.29, 1.82) is 0 Å². The number of allylic oxidation sites excluding steroid dienone is 8. The number of nitrogens with zero attached hydrogens (tertiary/aromatic N) is 2. The highest BCUT2D eigenvalue weighted by Crippen LogP contribution is 2.39. The number of aromatic amines is 1. The molecule has 8 nitrogen and oxygen atoms in total. The van der Waals surface area contributed by atoms with Gasteiger partial charge in [0.15, 0.2) is 0 Å². The van der Waals surface area contributed by atoms with Crippen LogP contribution in [0.2, 0.25) is 0 Å². The number of rotatable bonds is 7. The van der Waals surface area contributed by atoms with E-state index < -0.39 is 0 Å². The van der Waals surface area contributed by atoms with Crippen LogP contribution in [0.1, 0.15) is 27.9 Å². The number of nitrogens with one attached hydrogen (secondary N) is 2.